The van der Waals surface area contributed by atoms with Crippen LogP contribution in [0.15, 0.2) is 18.2 Å². The molecule has 1 heterocycles. The third kappa shape index (κ3) is 6.04. The summed E-state index contributed by atoms with van der Waals surface area (Å²) in [5.41, 5.74) is 1.24. The van der Waals surface area contributed by atoms with Crippen LogP contribution in [0.1, 0.15) is 24.8 Å². The van der Waals surface area contributed by atoms with Gasteiger partial charge in [-0.1, -0.05) is 29.3 Å². The number of hydrogen-bond acceptors (Lipinski definition) is 2. The van der Waals surface area contributed by atoms with Crippen LogP contribution >= 0.6 is 23.2 Å². The number of benzene rings is 1. The number of nitrogens with zero attached hydrogens (tertiary/aromatic N) is 2. The van der Waals surface area contributed by atoms with Gasteiger partial charge in [0.05, 0.1) is 16.7 Å². The largest absolute Gasteiger partial charge is 0.301 e. The second-order valence-electron chi connectivity index (χ2n) is 5.93. The van der Waals surface area contributed by atoms with Crippen molar-refractivity contribution in [2.24, 2.45) is 0 Å². The van der Waals surface area contributed by atoms with Crippen molar-refractivity contribution in [1.29, 1.82) is 0 Å². The van der Waals surface area contributed by atoms with E-state index in [4.69, 9.17) is 23.2 Å². The first-order chi connectivity index (χ1) is 10.7. The SMILES string of the molecule is FCCCCCN1CCN(CCc2ccc(Cl)c(Cl)c2)CC1. The van der Waals surface area contributed by atoms with Gasteiger partial charge < -0.3 is 9.80 Å². The van der Waals surface area contributed by atoms with Crippen LogP contribution < -0.4 is 0 Å². The van der Waals surface area contributed by atoms with Crippen LogP contribution in [0.4, 0.5) is 4.39 Å². The lowest BCUT2D eigenvalue weighted by atomic mass is 10.1. The minimum absolute atomic E-state index is 0.178. The van der Waals surface area contributed by atoms with Gasteiger partial charge in [0.15, 0.2) is 0 Å². The van der Waals surface area contributed by atoms with Crippen molar-refractivity contribution in [3.8, 4) is 0 Å². The molecule has 0 unspecified atom stereocenters. The van der Waals surface area contributed by atoms with Crippen molar-refractivity contribution in [3.63, 3.8) is 0 Å². The molecule has 0 bridgehead atoms. The number of halogens is 3. The summed E-state index contributed by atoms with van der Waals surface area (Å²) in [4.78, 5) is 4.99. The summed E-state index contributed by atoms with van der Waals surface area (Å²) in [6.07, 6.45) is 3.85. The van der Waals surface area contributed by atoms with Crippen molar-refractivity contribution in [2.75, 3.05) is 45.9 Å². The van der Waals surface area contributed by atoms with Crippen LogP contribution in [0, 0.1) is 0 Å². The van der Waals surface area contributed by atoms with Crippen molar-refractivity contribution < 1.29 is 4.39 Å². The van der Waals surface area contributed by atoms with E-state index < -0.39 is 0 Å². The maximum Gasteiger partial charge on any atom is 0.0894 e. The third-order valence-corrected chi connectivity index (χ3v) is 5.01. The van der Waals surface area contributed by atoms with Crippen LogP contribution in [-0.2, 0) is 6.42 Å². The van der Waals surface area contributed by atoms with Gasteiger partial charge in [0.2, 0.25) is 0 Å². The molecule has 2 rings (SSSR count). The van der Waals surface area contributed by atoms with Crippen LogP contribution in [0.25, 0.3) is 0 Å². The highest BCUT2D eigenvalue weighted by Gasteiger charge is 2.16. The summed E-state index contributed by atoms with van der Waals surface area (Å²) in [6, 6.07) is 5.88. The molecule has 0 aromatic heterocycles. The van der Waals surface area contributed by atoms with Crippen molar-refractivity contribution in [3.05, 3.63) is 33.8 Å². The molecule has 1 saturated heterocycles. The molecule has 1 aromatic carbocycles. The van der Waals surface area contributed by atoms with Gasteiger partial charge in [0, 0.05) is 32.7 Å². The van der Waals surface area contributed by atoms with E-state index in [-0.39, 0.29) is 6.67 Å². The van der Waals surface area contributed by atoms with Crippen molar-refractivity contribution in [2.45, 2.75) is 25.7 Å². The Morgan fingerprint density at radius 2 is 1.55 bits per heavy atom. The number of piperazine rings is 1. The summed E-state index contributed by atoms with van der Waals surface area (Å²) in [7, 11) is 0. The lowest BCUT2D eigenvalue weighted by molar-refractivity contribution is 0.131. The van der Waals surface area contributed by atoms with E-state index in [1.807, 2.05) is 12.1 Å². The van der Waals surface area contributed by atoms with Gasteiger partial charge in [0.1, 0.15) is 0 Å². The molecule has 1 aliphatic heterocycles. The van der Waals surface area contributed by atoms with Crippen molar-refractivity contribution >= 4 is 23.2 Å². The fourth-order valence-corrected chi connectivity index (χ4v) is 3.15. The number of alkyl halides is 1. The first-order valence-corrected chi connectivity index (χ1v) is 8.89. The zero-order valence-corrected chi connectivity index (χ0v) is 14.6. The second-order valence-corrected chi connectivity index (χ2v) is 6.75. The van der Waals surface area contributed by atoms with E-state index in [9.17, 15) is 4.39 Å². The highest BCUT2D eigenvalue weighted by Crippen LogP contribution is 2.22. The van der Waals surface area contributed by atoms with Gasteiger partial charge in [-0.15, -0.1) is 0 Å². The van der Waals surface area contributed by atoms with Gasteiger partial charge in [0.25, 0.3) is 0 Å². The molecule has 0 amide bonds. The maximum absolute atomic E-state index is 12.0. The lowest BCUT2D eigenvalue weighted by Crippen LogP contribution is -2.47. The fraction of sp³-hybridized carbons (Fsp3) is 0.647. The normalized spacial score (nSPS) is 17.0. The summed E-state index contributed by atoms with van der Waals surface area (Å²) < 4.78 is 12.0. The van der Waals surface area contributed by atoms with Crippen LogP contribution in [0.2, 0.25) is 10.0 Å². The molecule has 1 aliphatic rings. The van der Waals surface area contributed by atoms with Crippen LogP contribution in [0.3, 0.4) is 0 Å². The highest BCUT2D eigenvalue weighted by molar-refractivity contribution is 6.42. The molecule has 1 fully saturated rings. The average Bonchev–Trinajstić information content (AvgIpc) is 2.54. The zero-order valence-electron chi connectivity index (χ0n) is 13.0. The highest BCUT2D eigenvalue weighted by atomic mass is 35.5. The molecule has 124 valence electrons. The predicted molar refractivity (Wildman–Crippen MR) is 92.9 cm³/mol. The predicted octanol–water partition coefficient (Wildman–Crippen LogP) is 4.29. The van der Waals surface area contributed by atoms with E-state index in [1.165, 1.54) is 5.56 Å². The first-order valence-electron chi connectivity index (χ1n) is 8.13. The smallest absolute Gasteiger partial charge is 0.0894 e. The maximum atomic E-state index is 12.0. The Morgan fingerprint density at radius 1 is 0.864 bits per heavy atom. The molecule has 0 spiro atoms. The Kier molecular flexibility index (Phi) is 7.95. The topological polar surface area (TPSA) is 6.48 Å². The van der Waals surface area contributed by atoms with Gasteiger partial charge in [-0.3, -0.25) is 4.39 Å². The van der Waals surface area contributed by atoms with Crippen molar-refractivity contribution in [1.82, 2.24) is 9.80 Å². The first kappa shape index (κ1) is 18.0. The van der Waals surface area contributed by atoms with Gasteiger partial charge >= 0.3 is 0 Å². The standard InChI is InChI=1S/C17H25Cl2FN2/c18-16-5-4-15(14-17(16)19)6-9-22-12-10-21(11-13-22)8-3-1-2-7-20/h4-5,14H,1-3,6-13H2. The second kappa shape index (κ2) is 9.71. The summed E-state index contributed by atoms with van der Waals surface area (Å²) in [5, 5.41) is 1.25. The Bertz CT molecular complexity index is 448. The Hall–Kier alpha value is -0.350. The van der Waals surface area contributed by atoms with E-state index in [1.54, 1.807) is 0 Å². The average molecular weight is 347 g/mol. The zero-order chi connectivity index (χ0) is 15.8. The van der Waals surface area contributed by atoms with Gasteiger partial charge in [-0.25, -0.2) is 0 Å². The van der Waals surface area contributed by atoms with E-state index in [0.29, 0.717) is 16.5 Å². The Balaban J connectivity index is 1.63. The van der Waals surface area contributed by atoms with Crippen LogP contribution in [0.5, 0.6) is 0 Å². The molecule has 0 N–H and O–H groups in total. The molecule has 0 atom stereocenters. The number of hydrogen-bond donors (Lipinski definition) is 0. The molecule has 22 heavy (non-hydrogen) atoms. The van der Waals surface area contributed by atoms with Crippen LogP contribution in [-0.4, -0.2) is 55.7 Å². The Morgan fingerprint density at radius 3 is 2.18 bits per heavy atom. The summed E-state index contributed by atoms with van der Waals surface area (Å²) in [6.45, 7) is 6.47. The van der Waals surface area contributed by atoms with E-state index >= 15 is 0 Å². The Labute approximate surface area is 143 Å². The monoisotopic (exact) mass is 346 g/mol. The molecule has 0 radical (unpaired) electrons. The molecule has 1 aromatic rings. The molecule has 5 heteroatoms. The molecule has 0 aliphatic carbocycles. The summed E-state index contributed by atoms with van der Waals surface area (Å²) in [5.74, 6) is 0. The third-order valence-electron chi connectivity index (χ3n) is 4.27. The number of rotatable bonds is 8. The van der Waals surface area contributed by atoms with E-state index in [0.717, 1.165) is 58.5 Å². The quantitative estimate of drug-likeness (QED) is 0.647. The lowest BCUT2D eigenvalue weighted by Gasteiger charge is -2.34. The minimum atomic E-state index is -0.178. The molecular weight excluding hydrogens is 322 g/mol. The fourth-order valence-electron chi connectivity index (χ4n) is 2.83. The number of unbranched alkanes of at least 4 members (excludes halogenated alkanes) is 2. The summed E-state index contributed by atoms with van der Waals surface area (Å²) >= 11 is 12.0. The van der Waals surface area contributed by atoms with Gasteiger partial charge in [-0.2, -0.15) is 0 Å². The van der Waals surface area contributed by atoms with Gasteiger partial charge in [-0.05, 0) is 49.9 Å². The molecule has 2 nitrogen and oxygen atoms in total. The molecular formula is C17H25Cl2FN2. The van der Waals surface area contributed by atoms with E-state index in [2.05, 4.69) is 15.9 Å². The minimum Gasteiger partial charge on any atom is -0.301 e. The molecule has 0 saturated carbocycles.